The van der Waals surface area contributed by atoms with Crippen molar-refractivity contribution in [2.24, 2.45) is 0 Å². The smallest absolute Gasteiger partial charge is 0.410 e. The molecule has 0 unspecified atom stereocenters. The zero-order valence-corrected chi connectivity index (χ0v) is 19.9. The summed E-state index contributed by atoms with van der Waals surface area (Å²) in [5.74, 6) is 0.977. The van der Waals surface area contributed by atoms with Crippen LogP contribution in [0.2, 0.25) is 0 Å². The first kappa shape index (κ1) is 23.0. The van der Waals surface area contributed by atoms with Crippen molar-refractivity contribution < 1.29 is 14.3 Å². The fourth-order valence-corrected chi connectivity index (χ4v) is 4.85. The first-order chi connectivity index (χ1) is 15.9. The lowest BCUT2D eigenvalue weighted by Crippen LogP contribution is -2.46. The molecule has 8 heteroatoms. The lowest BCUT2D eigenvalue weighted by Gasteiger charge is -2.42. The van der Waals surface area contributed by atoms with Crippen molar-refractivity contribution in [1.82, 2.24) is 15.2 Å². The Morgan fingerprint density at radius 2 is 1.91 bits per heavy atom. The predicted octanol–water partition coefficient (Wildman–Crippen LogP) is 3.43. The first-order valence-electron chi connectivity index (χ1n) is 11.7. The largest absolute Gasteiger partial charge is 0.450 e. The van der Waals surface area contributed by atoms with E-state index in [4.69, 9.17) is 9.72 Å². The Morgan fingerprint density at radius 3 is 2.55 bits per heavy atom. The quantitative estimate of drug-likeness (QED) is 0.767. The number of ether oxygens (including phenoxy) is 1. The van der Waals surface area contributed by atoms with Crippen LogP contribution in [0.1, 0.15) is 38.8 Å². The van der Waals surface area contributed by atoms with Gasteiger partial charge in [0.05, 0.1) is 12.6 Å². The molecule has 2 amide bonds. The highest BCUT2D eigenvalue weighted by molar-refractivity contribution is 5.94. The summed E-state index contributed by atoms with van der Waals surface area (Å²) in [4.78, 5) is 35.4. The molecule has 2 aromatic rings. The van der Waals surface area contributed by atoms with Gasteiger partial charge in [0.25, 0.3) is 0 Å². The van der Waals surface area contributed by atoms with Gasteiger partial charge in [-0.2, -0.15) is 0 Å². The number of carbonyl (C=O) groups is 2. The average Bonchev–Trinajstić information content (AvgIpc) is 2.83. The van der Waals surface area contributed by atoms with Crippen LogP contribution < -0.4 is 15.1 Å². The van der Waals surface area contributed by atoms with Gasteiger partial charge < -0.3 is 24.8 Å². The number of pyridine rings is 1. The summed E-state index contributed by atoms with van der Waals surface area (Å²) < 4.78 is 5.25. The normalized spacial score (nSPS) is 20.2. The molecular formula is C25H33N5O3. The molecule has 2 atom stereocenters. The first-order valence-corrected chi connectivity index (χ1v) is 11.7. The van der Waals surface area contributed by atoms with Gasteiger partial charge in [0.2, 0.25) is 5.91 Å². The Morgan fingerprint density at radius 1 is 1.18 bits per heavy atom. The molecule has 1 N–H and O–H groups in total. The number of hydrogen-bond donors (Lipinski definition) is 1. The lowest BCUT2D eigenvalue weighted by molar-refractivity contribution is -0.117. The number of aromatic nitrogens is 1. The number of hydrogen-bond acceptors (Lipinski definition) is 6. The summed E-state index contributed by atoms with van der Waals surface area (Å²) in [6, 6.07) is 10.0. The van der Waals surface area contributed by atoms with E-state index in [0.29, 0.717) is 13.0 Å². The third kappa shape index (κ3) is 4.66. The standard InChI is InChI=1S/C25H33N5O3/c1-5-33-25(32)28(4)23-14-17(2)30(18(3)31)22-8-6-19(15-21(22)23)20-7-9-24(27-16-20)29-12-10-26-11-13-29/h6-9,15-17,23,26H,5,10-14H2,1-4H3/t17-,23+/m0/s1. The maximum Gasteiger partial charge on any atom is 0.410 e. The molecule has 1 aromatic carbocycles. The minimum absolute atomic E-state index is 0.00391. The van der Waals surface area contributed by atoms with Gasteiger partial charge in [-0.3, -0.25) is 4.79 Å². The van der Waals surface area contributed by atoms with Crippen molar-refractivity contribution in [3.05, 3.63) is 42.1 Å². The number of nitrogens with zero attached hydrogens (tertiary/aromatic N) is 4. The van der Waals surface area contributed by atoms with E-state index in [-0.39, 0.29) is 24.1 Å². The van der Waals surface area contributed by atoms with Crippen LogP contribution >= 0.6 is 0 Å². The molecule has 0 spiro atoms. The van der Waals surface area contributed by atoms with Gasteiger partial charge in [0.1, 0.15) is 5.82 Å². The van der Waals surface area contributed by atoms with Crippen LogP contribution in [-0.4, -0.2) is 67.8 Å². The molecule has 1 fully saturated rings. The Balaban J connectivity index is 1.69. The highest BCUT2D eigenvalue weighted by Crippen LogP contribution is 2.42. The Hall–Kier alpha value is -3.13. The highest BCUT2D eigenvalue weighted by atomic mass is 16.6. The van der Waals surface area contributed by atoms with E-state index in [0.717, 1.165) is 54.4 Å². The van der Waals surface area contributed by atoms with E-state index in [1.165, 1.54) is 0 Å². The van der Waals surface area contributed by atoms with E-state index in [2.05, 4.69) is 28.4 Å². The van der Waals surface area contributed by atoms with Crippen molar-refractivity contribution in [2.45, 2.75) is 39.3 Å². The number of amides is 2. The van der Waals surface area contributed by atoms with Gasteiger partial charge in [0, 0.05) is 63.6 Å². The molecule has 0 aliphatic carbocycles. The van der Waals surface area contributed by atoms with Crippen LogP contribution in [0.25, 0.3) is 11.1 Å². The van der Waals surface area contributed by atoms with Gasteiger partial charge in [-0.1, -0.05) is 6.07 Å². The van der Waals surface area contributed by atoms with Crippen LogP contribution in [0, 0.1) is 0 Å². The van der Waals surface area contributed by atoms with E-state index >= 15 is 0 Å². The Kier molecular flexibility index (Phi) is 6.83. The summed E-state index contributed by atoms with van der Waals surface area (Å²) in [6.45, 7) is 9.56. The number of piperazine rings is 1. The maximum absolute atomic E-state index is 12.5. The fraction of sp³-hybridized carbons (Fsp3) is 0.480. The van der Waals surface area contributed by atoms with Crippen LogP contribution in [0.4, 0.5) is 16.3 Å². The van der Waals surface area contributed by atoms with Crippen LogP contribution in [0.5, 0.6) is 0 Å². The summed E-state index contributed by atoms with van der Waals surface area (Å²) in [5, 5.41) is 3.36. The minimum atomic E-state index is -0.357. The molecule has 3 heterocycles. The SMILES string of the molecule is CCOC(=O)N(C)[C@@H]1C[C@H](C)N(C(C)=O)c2ccc(-c3ccc(N4CCNCC4)nc3)cc21. The monoisotopic (exact) mass is 451 g/mol. The van der Waals surface area contributed by atoms with Crippen molar-refractivity contribution in [3.8, 4) is 11.1 Å². The van der Waals surface area contributed by atoms with E-state index in [1.54, 1.807) is 25.8 Å². The summed E-state index contributed by atoms with van der Waals surface area (Å²) >= 11 is 0. The summed E-state index contributed by atoms with van der Waals surface area (Å²) in [7, 11) is 1.76. The molecule has 0 saturated carbocycles. The van der Waals surface area contributed by atoms with Gasteiger partial charge in [0.15, 0.2) is 0 Å². The van der Waals surface area contributed by atoms with Crippen molar-refractivity contribution in [3.63, 3.8) is 0 Å². The molecule has 0 radical (unpaired) electrons. The van der Waals surface area contributed by atoms with Crippen LogP contribution in [-0.2, 0) is 9.53 Å². The van der Waals surface area contributed by atoms with Gasteiger partial charge in [-0.25, -0.2) is 9.78 Å². The number of nitrogens with one attached hydrogen (secondary N) is 1. The molecule has 176 valence electrons. The number of benzene rings is 1. The molecule has 1 aromatic heterocycles. The Bertz CT molecular complexity index is 1000. The predicted molar refractivity (Wildman–Crippen MR) is 130 cm³/mol. The van der Waals surface area contributed by atoms with E-state index < -0.39 is 0 Å². The molecule has 0 bridgehead atoms. The maximum atomic E-state index is 12.5. The summed E-state index contributed by atoms with van der Waals surface area (Å²) in [5.41, 5.74) is 3.80. The topological polar surface area (TPSA) is 78.0 Å². The average molecular weight is 452 g/mol. The third-order valence-corrected chi connectivity index (χ3v) is 6.54. The second kappa shape index (κ2) is 9.79. The number of anilines is 2. The zero-order valence-electron chi connectivity index (χ0n) is 19.9. The van der Waals surface area contributed by atoms with E-state index in [9.17, 15) is 9.59 Å². The molecule has 33 heavy (non-hydrogen) atoms. The molecule has 1 saturated heterocycles. The zero-order chi connectivity index (χ0) is 23.5. The minimum Gasteiger partial charge on any atom is -0.450 e. The lowest BCUT2D eigenvalue weighted by atomic mass is 9.88. The van der Waals surface area contributed by atoms with Crippen molar-refractivity contribution in [2.75, 3.05) is 49.6 Å². The molecule has 2 aliphatic rings. The molecule has 8 nitrogen and oxygen atoms in total. The van der Waals surface area contributed by atoms with Gasteiger partial charge in [-0.15, -0.1) is 0 Å². The van der Waals surface area contributed by atoms with Gasteiger partial charge >= 0.3 is 6.09 Å². The second-order valence-electron chi connectivity index (χ2n) is 8.72. The molecular weight excluding hydrogens is 418 g/mol. The van der Waals surface area contributed by atoms with Gasteiger partial charge in [-0.05, 0) is 55.7 Å². The number of carbonyl (C=O) groups excluding carboxylic acids is 2. The molecule has 4 rings (SSSR count). The van der Waals surface area contributed by atoms with Crippen LogP contribution in [0.15, 0.2) is 36.5 Å². The van der Waals surface area contributed by atoms with Crippen LogP contribution in [0.3, 0.4) is 0 Å². The van der Waals surface area contributed by atoms with Crippen molar-refractivity contribution >= 4 is 23.5 Å². The Labute approximate surface area is 195 Å². The summed E-state index contributed by atoms with van der Waals surface area (Å²) in [6.07, 6.45) is 2.19. The van der Waals surface area contributed by atoms with E-state index in [1.807, 2.05) is 30.2 Å². The highest BCUT2D eigenvalue weighted by Gasteiger charge is 2.36. The number of rotatable bonds is 4. The third-order valence-electron chi connectivity index (χ3n) is 6.54. The molecule has 2 aliphatic heterocycles. The fourth-order valence-electron chi connectivity index (χ4n) is 4.85. The van der Waals surface area contributed by atoms with Crippen molar-refractivity contribution in [1.29, 1.82) is 0 Å². The second-order valence-corrected chi connectivity index (χ2v) is 8.72. The number of fused-ring (bicyclic) bond motifs is 1.